The van der Waals surface area contributed by atoms with Crippen LogP contribution in [0, 0.1) is 0 Å². The van der Waals surface area contributed by atoms with Gasteiger partial charge in [0.25, 0.3) is 0 Å². The number of nitrogens with zero attached hydrogens (tertiary/aromatic N) is 2. The summed E-state index contributed by atoms with van der Waals surface area (Å²) >= 11 is 1.68. The maximum absolute atomic E-state index is 12.3. The van der Waals surface area contributed by atoms with Crippen LogP contribution in [0.1, 0.15) is 35.6 Å². The number of ketones is 1. The first-order chi connectivity index (χ1) is 9.67. The van der Waals surface area contributed by atoms with Crippen LogP contribution in [0.5, 0.6) is 0 Å². The summed E-state index contributed by atoms with van der Waals surface area (Å²) < 4.78 is 1.84. The number of hydrogen-bond donors (Lipinski definition) is 0. The molecule has 0 fully saturated rings. The van der Waals surface area contributed by atoms with Gasteiger partial charge in [0.05, 0.1) is 5.69 Å². The maximum atomic E-state index is 12.3. The second-order valence-corrected chi connectivity index (χ2v) is 5.52. The Labute approximate surface area is 124 Å². The Morgan fingerprint density at radius 3 is 2.45 bits per heavy atom. The summed E-state index contributed by atoms with van der Waals surface area (Å²) in [7, 11) is 0. The summed E-state index contributed by atoms with van der Waals surface area (Å²) in [6, 6.07) is 9.84. The van der Waals surface area contributed by atoms with E-state index in [0.717, 1.165) is 29.8 Å². The molecule has 0 saturated heterocycles. The summed E-state index contributed by atoms with van der Waals surface area (Å²) in [5, 5.41) is 4.49. The SMILES string of the molecule is CCc1cc(CC)n(CC(=O)c2ccc(SC)cc2)n1. The van der Waals surface area contributed by atoms with E-state index in [1.165, 1.54) is 4.90 Å². The number of thioether (sulfide) groups is 1. The van der Waals surface area contributed by atoms with Crippen molar-refractivity contribution in [1.29, 1.82) is 0 Å². The third kappa shape index (κ3) is 3.31. The van der Waals surface area contributed by atoms with Gasteiger partial charge in [-0.3, -0.25) is 9.48 Å². The molecule has 0 spiro atoms. The highest BCUT2D eigenvalue weighted by Crippen LogP contribution is 2.16. The van der Waals surface area contributed by atoms with Gasteiger partial charge >= 0.3 is 0 Å². The molecule has 0 atom stereocenters. The molecule has 1 heterocycles. The van der Waals surface area contributed by atoms with Crippen molar-refractivity contribution in [3.8, 4) is 0 Å². The van der Waals surface area contributed by atoms with Gasteiger partial charge in [-0.05, 0) is 37.3 Å². The Kier molecular flexibility index (Phi) is 5.01. The molecule has 2 aromatic rings. The molecule has 0 radical (unpaired) electrons. The zero-order valence-corrected chi connectivity index (χ0v) is 13.0. The quantitative estimate of drug-likeness (QED) is 0.601. The largest absolute Gasteiger partial charge is 0.292 e. The van der Waals surface area contributed by atoms with E-state index in [2.05, 4.69) is 25.0 Å². The fourth-order valence-corrected chi connectivity index (χ4v) is 2.52. The number of rotatable bonds is 6. The van der Waals surface area contributed by atoms with Gasteiger partial charge in [-0.15, -0.1) is 11.8 Å². The van der Waals surface area contributed by atoms with Gasteiger partial charge in [0, 0.05) is 16.2 Å². The molecule has 20 heavy (non-hydrogen) atoms. The summed E-state index contributed by atoms with van der Waals surface area (Å²) in [4.78, 5) is 13.5. The number of Topliss-reactive ketones (excluding diaryl/α,β-unsaturated/α-hetero) is 1. The Bertz CT molecular complexity index is 587. The summed E-state index contributed by atoms with van der Waals surface area (Å²) in [6.07, 6.45) is 3.82. The molecular formula is C16H20N2OS. The zero-order chi connectivity index (χ0) is 14.5. The Hall–Kier alpha value is -1.55. The average molecular weight is 288 g/mol. The minimum atomic E-state index is 0.109. The fourth-order valence-electron chi connectivity index (χ4n) is 2.11. The Morgan fingerprint density at radius 1 is 1.20 bits per heavy atom. The molecule has 0 amide bonds. The van der Waals surface area contributed by atoms with Gasteiger partial charge in [-0.25, -0.2) is 0 Å². The predicted molar refractivity (Wildman–Crippen MR) is 83.5 cm³/mol. The van der Waals surface area contributed by atoms with Crippen molar-refractivity contribution in [2.24, 2.45) is 0 Å². The number of benzene rings is 1. The van der Waals surface area contributed by atoms with E-state index in [1.54, 1.807) is 11.8 Å². The van der Waals surface area contributed by atoms with Crippen LogP contribution >= 0.6 is 11.8 Å². The molecule has 1 aromatic heterocycles. The van der Waals surface area contributed by atoms with Crippen LogP contribution in [0.15, 0.2) is 35.2 Å². The van der Waals surface area contributed by atoms with Crippen LogP contribution in [-0.4, -0.2) is 21.8 Å². The first-order valence-electron chi connectivity index (χ1n) is 6.90. The lowest BCUT2D eigenvalue weighted by Gasteiger charge is -2.06. The number of aromatic nitrogens is 2. The summed E-state index contributed by atoms with van der Waals surface area (Å²) in [5.74, 6) is 0.109. The van der Waals surface area contributed by atoms with Crippen LogP contribution in [0.3, 0.4) is 0 Å². The van der Waals surface area contributed by atoms with Gasteiger partial charge in [0.2, 0.25) is 0 Å². The van der Waals surface area contributed by atoms with Gasteiger partial charge in [-0.2, -0.15) is 5.10 Å². The minimum Gasteiger partial charge on any atom is -0.292 e. The monoisotopic (exact) mass is 288 g/mol. The van der Waals surface area contributed by atoms with Crippen molar-refractivity contribution in [1.82, 2.24) is 9.78 Å². The van der Waals surface area contributed by atoms with E-state index in [9.17, 15) is 4.79 Å². The smallest absolute Gasteiger partial charge is 0.184 e. The molecular weight excluding hydrogens is 268 g/mol. The van der Waals surface area contributed by atoms with Crippen LogP contribution in [0.2, 0.25) is 0 Å². The van der Waals surface area contributed by atoms with E-state index in [0.29, 0.717) is 6.54 Å². The molecule has 0 bridgehead atoms. The summed E-state index contributed by atoms with van der Waals surface area (Å²) in [5.41, 5.74) is 2.92. The van der Waals surface area contributed by atoms with E-state index in [1.807, 2.05) is 35.2 Å². The number of hydrogen-bond acceptors (Lipinski definition) is 3. The molecule has 0 aliphatic carbocycles. The first kappa shape index (κ1) is 14.9. The van der Waals surface area contributed by atoms with Crippen molar-refractivity contribution in [3.63, 3.8) is 0 Å². The van der Waals surface area contributed by atoms with Crippen molar-refractivity contribution in [2.75, 3.05) is 6.26 Å². The normalized spacial score (nSPS) is 10.8. The lowest BCUT2D eigenvalue weighted by molar-refractivity contribution is 0.0966. The van der Waals surface area contributed by atoms with Gasteiger partial charge in [0.15, 0.2) is 5.78 Å². The van der Waals surface area contributed by atoms with E-state index in [4.69, 9.17) is 0 Å². The highest BCUT2D eigenvalue weighted by atomic mass is 32.2. The third-order valence-electron chi connectivity index (χ3n) is 3.34. The average Bonchev–Trinajstić information content (AvgIpc) is 2.89. The Balaban J connectivity index is 2.15. The van der Waals surface area contributed by atoms with Crippen LogP contribution in [0.25, 0.3) is 0 Å². The maximum Gasteiger partial charge on any atom is 0.184 e. The molecule has 106 valence electrons. The van der Waals surface area contributed by atoms with Crippen molar-refractivity contribution in [2.45, 2.75) is 38.1 Å². The van der Waals surface area contributed by atoms with Gasteiger partial charge < -0.3 is 0 Å². The lowest BCUT2D eigenvalue weighted by Crippen LogP contribution is -2.14. The molecule has 2 rings (SSSR count). The molecule has 1 aromatic carbocycles. The second kappa shape index (κ2) is 6.75. The van der Waals surface area contributed by atoms with Gasteiger partial charge in [0.1, 0.15) is 6.54 Å². The van der Waals surface area contributed by atoms with Gasteiger partial charge in [-0.1, -0.05) is 26.0 Å². The first-order valence-corrected chi connectivity index (χ1v) is 8.13. The predicted octanol–water partition coefficient (Wildman–Crippen LogP) is 3.61. The van der Waals surface area contributed by atoms with E-state index in [-0.39, 0.29) is 5.78 Å². The third-order valence-corrected chi connectivity index (χ3v) is 4.09. The number of aryl methyl sites for hydroxylation is 2. The topological polar surface area (TPSA) is 34.9 Å². The highest BCUT2D eigenvalue weighted by molar-refractivity contribution is 7.98. The van der Waals surface area contributed by atoms with Crippen LogP contribution in [0.4, 0.5) is 0 Å². The van der Waals surface area contributed by atoms with Crippen molar-refractivity contribution < 1.29 is 4.79 Å². The molecule has 4 heteroatoms. The fraction of sp³-hybridized carbons (Fsp3) is 0.375. The number of carbonyl (C=O) groups excluding carboxylic acids is 1. The molecule has 0 aliphatic heterocycles. The number of carbonyl (C=O) groups is 1. The molecule has 0 saturated carbocycles. The van der Waals surface area contributed by atoms with E-state index < -0.39 is 0 Å². The zero-order valence-electron chi connectivity index (χ0n) is 12.2. The highest BCUT2D eigenvalue weighted by Gasteiger charge is 2.11. The second-order valence-electron chi connectivity index (χ2n) is 4.64. The van der Waals surface area contributed by atoms with Crippen molar-refractivity contribution >= 4 is 17.5 Å². The molecule has 0 N–H and O–H groups in total. The molecule has 0 unspecified atom stereocenters. The standard InChI is InChI=1S/C16H20N2OS/c1-4-13-10-14(5-2)18(17-13)11-16(19)12-6-8-15(20-3)9-7-12/h6-10H,4-5,11H2,1-3H3. The molecule has 3 nitrogen and oxygen atoms in total. The summed E-state index contributed by atoms with van der Waals surface area (Å²) in [6.45, 7) is 4.49. The Morgan fingerprint density at radius 2 is 1.90 bits per heavy atom. The van der Waals surface area contributed by atoms with E-state index >= 15 is 0 Å². The van der Waals surface area contributed by atoms with Crippen LogP contribution < -0.4 is 0 Å². The lowest BCUT2D eigenvalue weighted by atomic mass is 10.1. The van der Waals surface area contributed by atoms with Crippen molar-refractivity contribution in [3.05, 3.63) is 47.3 Å². The molecule has 0 aliphatic rings. The van der Waals surface area contributed by atoms with Crippen LogP contribution in [-0.2, 0) is 19.4 Å². The minimum absolute atomic E-state index is 0.109.